The minimum absolute atomic E-state index is 0.0858. The third kappa shape index (κ3) is 2.38. The number of hydrogen-bond donors (Lipinski definition) is 3. The second-order valence-electron chi connectivity index (χ2n) is 3.16. The van der Waals surface area contributed by atoms with E-state index in [4.69, 9.17) is 5.14 Å². The number of H-pyrrole nitrogens is 1. The lowest BCUT2D eigenvalue weighted by molar-refractivity contribution is 0.598. The van der Waals surface area contributed by atoms with E-state index >= 15 is 0 Å². The Morgan fingerprint density at radius 1 is 1.25 bits per heavy atom. The maximum atomic E-state index is 11.0. The van der Waals surface area contributed by atoms with Crippen LogP contribution in [0.3, 0.4) is 0 Å². The van der Waals surface area contributed by atoms with Gasteiger partial charge in [0.25, 0.3) is 0 Å². The standard InChI is InChI=1S/C9H10N4O2S/c10-16(14,15)8-3-1-7(2-4-8)13-9-5-11-6-12-9/h1-6,13H,(H,11,12)(H2,10,14,15). The number of aromatic amines is 1. The normalized spacial score (nSPS) is 11.3. The zero-order chi connectivity index (χ0) is 11.6. The van der Waals surface area contributed by atoms with Crippen molar-refractivity contribution in [2.45, 2.75) is 4.90 Å². The van der Waals surface area contributed by atoms with Crippen molar-refractivity contribution in [1.82, 2.24) is 9.97 Å². The molecule has 0 aliphatic rings. The first kappa shape index (κ1) is 10.7. The molecule has 0 aliphatic carbocycles. The van der Waals surface area contributed by atoms with Crippen LogP contribution in [0.2, 0.25) is 0 Å². The summed E-state index contributed by atoms with van der Waals surface area (Å²) in [6.07, 6.45) is 3.16. The minimum atomic E-state index is -3.63. The second-order valence-corrected chi connectivity index (χ2v) is 4.72. The number of primary sulfonamides is 1. The van der Waals surface area contributed by atoms with Gasteiger partial charge in [-0.2, -0.15) is 0 Å². The van der Waals surface area contributed by atoms with Gasteiger partial charge in [-0.1, -0.05) is 0 Å². The molecule has 6 nitrogen and oxygen atoms in total. The van der Waals surface area contributed by atoms with Gasteiger partial charge in [0, 0.05) is 5.69 Å². The third-order valence-electron chi connectivity index (χ3n) is 1.96. The first-order chi connectivity index (χ1) is 7.55. The van der Waals surface area contributed by atoms with E-state index in [0.717, 1.165) is 11.5 Å². The van der Waals surface area contributed by atoms with Gasteiger partial charge in [0.15, 0.2) is 0 Å². The van der Waals surface area contributed by atoms with E-state index in [1.54, 1.807) is 24.7 Å². The lowest BCUT2D eigenvalue weighted by Gasteiger charge is -2.04. The molecule has 0 saturated heterocycles. The first-order valence-electron chi connectivity index (χ1n) is 4.44. The highest BCUT2D eigenvalue weighted by Crippen LogP contribution is 2.16. The van der Waals surface area contributed by atoms with Gasteiger partial charge in [-0.3, -0.25) is 0 Å². The van der Waals surface area contributed by atoms with Crippen molar-refractivity contribution < 1.29 is 8.42 Å². The summed E-state index contributed by atoms with van der Waals surface area (Å²) < 4.78 is 22.0. The molecule has 7 heteroatoms. The topological polar surface area (TPSA) is 101 Å². The van der Waals surface area contributed by atoms with Gasteiger partial charge in [-0.15, -0.1) is 0 Å². The van der Waals surface area contributed by atoms with Gasteiger partial charge in [0.2, 0.25) is 10.0 Å². The van der Waals surface area contributed by atoms with Crippen LogP contribution >= 0.6 is 0 Å². The highest BCUT2D eigenvalue weighted by molar-refractivity contribution is 7.89. The van der Waals surface area contributed by atoms with Crippen molar-refractivity contribution in [1.29, 1.82) is 0 Å². The first-order valence-corrected chi connectivity index (χ1v) is 5.98. The Balaban J connectivity index is 2.20. The number of imidazole rings is 1. The zero-order valence-corrected chi connectivity index (χ0v) is 9.03. The highest BCUT2D eigenvalue weighted by atomic mass is 32.2. The lowest BCUT2D eigenvalue weighted by Crippen LogP contribution is -2.11. The molecule has 0 aliphatic heterocycles. The summed E-state index contributed by atoms with van der Waals surface area (Å²) in [4.78, 5) is 6.79. The van der Waals surface area contributed by atoms with Crippen LogP contribution in [0.4, 0.5) is 11.5 Å². The molecular formula is C9H10N4O2S. The molecule has 0 amide bonds. The Bertz CT molecular complexity index is 560. The summed E-state index contributed by atoms with van der Waals surface area (Å²) in [6.45, 7) is 0. The fourth-order valence-electron chi connectivity index (χ4n) is 1.21. The van der Waals surface area contributed by atoms with Crippen LogP contribution in [-0.2, 0) is 10.0 Å². The van der Waals surface area contributed by atoms with Crippen LogP contribution in [0.5, 0.6) is 0 Å². The van der Waals surface area contributed by atoms with Crippen LogP contribution in [-0.4, -0.2) is 18.4 Å². The molecule has 2 aromatic rings. The van der Waals surface area contributed by atoms with Crippen molar-refractivity contribution >= 4 is 21.5 Å². The van der Waals surface area contributed by atoms with Crippen LogP contribution in [0, 0.1) is 0 Å². The largest absolute Gasteiger partial charge is 0.340 e. The number of hydrogen-bond acceptors (Lipinski definition) is 4. The van der Waals surface area contributed by atoms with Crippen LogP contribution in [0.15, 0.2) is 41.7 Å². The molecule has 1 aromatic heterocycles. The number of benzene rings is 1. The molecule has 16 heavy (non-hydrogen) atoms. The smallest absolute Gasteiger partial charge is 0.238 e. The number of sulfonamides is 1. The number of aromatic nitrogens is 2. The van der Waals surface area contributed by atoms with E-state index in [1.165, 1.54) is 12.1 Å². The van der Waals surface area contributed by atoms with E-state index < -0.39 is 10.0 Å². The Labute approximate surface area is 92.6 Å². The van der Waals surface area contributed by atoms with Gasteiger partial charge in [-0.05, 0) is 24.3 Å². The Morgan fingerprint density at radius 2 is 1.94 bits per heavy atom. The van der Waals surface area contributed by atoms with E-state index in [-0.39, 0.29) is 4.90 Å². The SMILES string of the molecule is NS(=O)(=O)c1ccc(Nc2cnc[nH]2)cc1. The Morgan fingerprint density at radius 3 is 2.44 bits per heavy atom. The van der Waals surface area contributed by atoms with Crippen molar-refractivity contribution in [3.05, 3.63) is 36.8 Å². The average molecular weight is 238 g/mol. The number of rotatable bonds is 3. The number of nitrogens with two attached hydrogens (primary N) is 1. The van der Waals surface area contributed by atoms with Crippen molar-refractivity contribution in [3.8, 4) is 0 Å². The van der Waals surface area contributed by atoms with Crippen molar-refractivity contribution in [3.63, 3.8) is 0 Å². The predicted octanol–water partition coefficient (Wildman–Crippen LogP) is 0.801. The highest BCUT2D eigenvalue weighted by Gasteiger charge is 2.06. The van der Waals surface area contributed by atoms with Gasteiger partial charge in [0.1, 0.15) is 5.82 Å². The lowest BCUT2D eigenvalue weighted by atomic mass is 10.3. The predicted molar refractivity (Wildman–Crippen MR) is 59.7 cm³/mol. The summed E-state index contributed by atoms with van der Waals surface area (Å²) in [5.41, 5.74) is 0.747. The molecule has 4 N–H and O–H groups in total. The van der Waals surface area contributed by atoms with Crippen LogP contribution in [0.25, 0.3) is 0 Å². The molecule has 0 unspecified atom stereocenters. The molecule has 1 aromatic carbocycles. The number of anilines is 2. The monoisotopic (exact) mass is 238 g/mol. The maximum Gasteiger partial charge on any atom is 0.238 e. The molecule has 0 radical (unpaired) electrons. The zero-order valence-electron chi connectivity index (χ0n) is 8.21. The van der Waals surface area contributed by atoms with Gasteiger partial charge < -0.3 is 10.3 Å². The number of nitrogens with zero attached hydrogens (tertiary/aromatic N) is 1. The van der Waals surface area contributed by atoms with E-state index in [0.29, 0.717) is 0 Å². The molecule has 0 spiro atoms. The molecule has 0 fully saturated rings. The fourth-order valence-corrected chi connectivity index (χ4v) is 1.72. The van der Waals surface area contributed by atoms with Crippen LogP contribution < -0.4 is 10.5 Å². The fraction of sp³-hybridized carbons (Fsp3) is 0. The maximum absolute atomic E-state index is 11.0. The third-order valence-corrected chi connectivity index (χ3v) is 2.89. The van der Waals surface area contributed by atoms with E-state index in [2.05, 4.69) is 15.3 Å². The van der Waals surface area contributed by atoms with Crippen LogP contribution in [0.1, 0.15) is 0 Å². The summed E-state index contributed by atoms with van der Waals surface area (Å²) in [5, 5.41) is 7.99. The molecule has 0 atom stereocenters. The second kappa shape index (κ2) is 3.95. The molecule has 84 valence electrons. The molecule has 0 bridgehead atoms. The Kier molecular flexibility index (Phi) is 2.63. The molecule has 0 saturated carbocycles. The van der Waals surface area contributed by atoms with Gasteiger partial charge in [-0.25, -0.2) is 18.5 Å². The summed E-state index contributed by atoms with van der Waals surface area (Å²) in [5.74, 6) is 0.725. The average Bonchev–Trinajstić information content (AvgIpc) is 2.70. The molecule has 2 rings (SSSR count). The quantitative estimate of drug-likeness (QED) is 0.736. The van der Waals surface area contributed by atoms with Gasteiger partial charge >= 0.3 is 0 Å². The van der Waals surface area contributed by atoms with Crippen molar-refractivity contribution in [2.75, 3.05) is 5.32 Å². The Hall–Kier alpha value is -1.86. The van der Waals surface area contributed by atoms with Crippen molar-refractivity contribution in [2.24, 2.45) is 5.14 Å². The summed E-state index contributed by atoms with van der Waals surface area (Å²) in [6, 6.07) is 6.13. The molecular weight excluding hydrogens is 228 g/mol. The number of nitrogens with one attached hydrogen (secondary N) is 2. The van der Waals surface area contributed by atoms with E-state index in [1.807, 2.05) is 0 Å². The minimum Gasteiger partial charge on any atom is -0.340 e. The van der Waals surface area contributed by atoms with E-state index in [9.17, 15) is 8.42 Å². The summed E-state index contributed by atoms with van der Waals surface area (Å²) in [7, 11) is -3.63. The molecule has 1 heterocycles. The van der Waals surface area contributed by atoms with Gasteiger partial charge in [0.05, 0.1) is 17.4 Å². The summed E-state index contributed by atoms with van der Waals surface area (Å²) >= 11 is 0.